The van der Waals surface area contributed by atoms with Gasteiger partial charge in [0.2, 0.25) is 11.9 Å². The minimum atomic E-state index is -1.66. The summed E-state index contributed by atoms with van der Waals surface area (Å²) in [6, 6.07) is 1.14. The average Bonchev–Trinajstić information content (AvgIpc) is 2.96. The number of carboxylic acid groups (broad SMARTS) is 1. The van der Waals surface area contributed by atoms with Crippen molar-refractivity contribution >= 4 is 53.2 Å². The number of primary amides is 1. The maximum Gasteiger partial charge on any atom is 1.00 e. The van der Waals surface area contributed by atoms with Crippen molar-refractivity contribution in [3.05, 3.63) is 57.6 Å². The van der Waals surface area contributed by atoms with Crippen LogP contribution in [0.1, 0.15) is 31.9 Å². The Bertz CT molecular complexity index is 1550. The van der Waals surface area contributed by atoms with E-state index in [4.69, 9.17) is 10.5 Å². The Morgan fingerprint density at radius 2 is 1.95 bits per heavy atom. The van der Waals surface area contributed by atoms with E-state index >= 15 is 0 Å². The first-order valence-corrected chi connectivity index (χ1v) is 14.0. The van der Waals surface area contributed by atoms with Gasteiger partial charge in [-0.2, -0.15) is 0 Å². The number of aromatic hydroxyl groups is 1. The van der Waals surface area contributed by atoms with Crippen molar-refractivity contribution in [3.63, 3.8) is 0 Å². The number of benzene rings is 1. The normalized spacial score (nSPS) is 17.8. The maximum absolute atomic E-state index is 13.8. The van der Waals surface area contributed by atoms with Gasteiger partial charge in [-0.05, 0) is 24.1 Å². The molecule has 1 saturated heterocycles. The monoisotopic (exact) mass is 637 g/mol. The SMILES string of the molecule is CCCNc1ncc(N(C(N)=O)C(C(=O)NC2C(=O)N3C(C(=O)[O-])=C(COC(C)=O)CS[C@H]23)c2ccc(O)cc2)c(=O)[nH]1.[Na+]. The minimum absolute atomic E-state index is 0. The number of carbonyl (C=O) groups excluding carboxylic acids is 5. The molecule has 18 heteroatoms. The van der Waals surface area contributed by atoms with E-state index in [0.29, 0.717) is 11.4 Å². The van der Waals surface area contributed by atoms with Crippen molar-refractivity contribution in [2.45, 2.75) is 37.7 Å². The van der Waals surface area contributed by atoms with Gasteiger partial charge in [0.25, 0.3) is 11.5 Å². The predicted octanol–water partition coefficient (Wildman–Crippen LogP) is -4.11. The Hall–Kier alpha value is -4.06. The molecule has 4 rings (SSSR count). The number of carbonyl (C=O) groups is 5. The number of anilines is 2. The van der Waals surface area contributed by atoms with Crippen LogP contribution in [0, 0.1) is 0 Å². The third-order valence-electron chi connectivity index (χ3n) is 6.52. The van der Waals surface area contributed by atoms with Crippen LogP contribution >= 0.6 is 11.8 Å². The number of amides is 4. The Labute approximate surface area is 276 Å². The summed E-state index contributed by atoms with van der Waals surface area (Å²) in [7, 11) is 0. The van der Waals surface area contributed by atoms with Gasteiger partial charge in [-0.1, -0.05) is 19.1 Å². The third kappa shape index (κ3) is 7.18. The van der Waals surface area contributed by atoms with E-state index in [-0.39, 0.29) is 70.4 Å². The van der Waals surface area contributed by atoms with E-state index < -0.39 is 58.5 Å². The van der Waals surface area contributed by atoms with Gasteiger partial charge >= 0.3 is 41.6 Å². The summed E-state index contributed by atoms with van der Waals surface area (Å²) in [5.41, 5.74) is 4.32. The summed E-state index contributed by atoms with van der Waals surface area (Å²) in [6.07, 6.45) is 1.81. The van der Waals surface area contributed by atoms with E-state index in [9.17, 15) is 39.0 Å². The Kier molecular flexibility index (Phi) is 11.4. The number of H-pyrrole nitrogens is 1. The minimum Gasteiger partial charge on any atom is -0.543 e. The van der Waals surface area contributed by atoms with Gasteiger partial charge in [0, 0.05) is 24.8 Å². The smallest absolute Gasteiger partial charge is 0.543 e. The molecule has 2 aliphatic heterocycles. The van der Waals surface area contributed by atoms with E-state index in [1.807, 2.05) is 6.92 Å². The molecule has 2 aliphatic rings. The molecule has 1 aromatic carbocycles. The van der Waals surface area contributed by atoms with Crippen LogP contribution in [0.15, 0.2) is 46.5 Å². The van der Waals surface area contributed by atoms with Gasteiger partial charge in [-0.25, -0.2) is 9.78 Å². The molecule has 4 amide bonds. The summed E-state index contributed by atoms with van der Waals surface area (Å²) in [4.78, 5) is 84.0. The van der Waals surface area contributed by atoms with Crippen LogP contribution in [0.4, 0.5) is 16.4 Å². The Morgan fingerprint density at radius 3 is 2.52 bits per heavy atom. The number of hydrogen-bond donors (Lipinski definition) is 5. The van der Waals surface area contributed by atoms with Gasteiger partial charge in [0.15, 0.2) is 0 Å². The summed E-state index contributed by atoms with van der Waals surface area (Å²) >= 11 is 1.12. The molecule has 3 atom stereocenters. The standard InChI is InChI=1S/C26H29N7O9S.Na/c1-3-8-28-26-29-9-16(20(36)31-26)32(25(27)41)18(13-4-6-15(35)7-5-13)21(37)30-17-22(38)33-19(24(39)40)14(10-42-12(2)34)11-43-23(17)33;/h4-7,9,17-18,23,35H,3,8,10-11H2,1-2H3,(H2,27,41)(H,30,37)(H,39,40)(H2,28,29,31,36);/q;+1/p-1/t17?,18?,23-;/m1./s1. The van der Waals surface area contributed by atoms with Crippen molar-refractivity contribution in [2.75, 3.05) is 29.1 Å². The fraction of sp³-hybridized carbons (Fsp3) is 0.346. The van der Waals surface area contributed by atoms with Gasteiger partial charge in [-0.3, -0.25) is 34.0 Å². The first-order valence-electron chi connectivity index (χ1n) is 13.0. The zero-order chi connectivity index (χ0) is 31.4. The van der Waals surface area contributed by atoms with Crippen molar-refractivity contribution in [1.82, 2.24) is 20.2 Å². The topological polar surface area (TPSA) is 240 Å². The second-order valence-corrected chi connectivity index (χ2v) is 10.6. The molecule has 2 aromatic rings. The van der Waals surface area contributed by atoms with Gasteiger partial charge in [0.1, 0.15) is 35.5 Å². The molecule has 0 spiro atoms. The van der Waals surface area contributed by atoms with Gasteiger partial charge < -0.3 is 36.1 Å². The molecule has 2 unspecified atom stereocenters. The molecular formula is C26H28N7NaO9S. The first kappa shape index (κ1) is 34.4. The number of fused-ring (bicyclic) bond motifs is 1. The zero-order valence-corrected chi connectivity index (χ0v) is 26.8. The van der Waals surface area contributed by atoms with Crippen molar-refractivity contribution in [3.8, 4) is 5.75 Å². The molecule has 1 aromatic heterocycles. The second kappa shape index (κ2) is 14.6. The Balaban J connectivity index is 0.00000529. The molecule has 0 aliphatic carbocycles. The van der Waals surface area contributed by atoms with Gasteiger partial charge in [-0.15, -0.1) is 11.8 Å². The maximum atomic E-state index is 13.8. The number of carboxylic acids is 1. The van der Waals surface area contributed by atoms with Crippen LogP contribution in [0.2, 0.25) is 0 Å². The van der Waals surface area contributed by atoms with Crippen LogP contribution in [-0.2, 0) is 23.9 Å². The van der Waals surface area contributed by atoms with E-state index in [0.717, 1.165) is 36.2 Å². The molecule has 0 radical (unpaired) electrons. The Morgan fingerprint density at radius 1 is 1.27 bits per heavy atom. The quantitative estimate of drug-likeness (QED) is 0.0897. The number of phenolic OH excluding ortho intramolecular Hbond substituents is 1. The number of thioether (sulfide) groups is 1. The number of nitrogens with zero attached hydrogens (tertiary/aromatic N) is 3. The molecule has 0 bridgehead atoms. The number of aromatic amines is 1. The third-order valence-corrected chi connectivity index (χ3v) is 7.86. The van der Waals surface area contributed by atoms with Crippen LogP contribution < -0.4 is 61.5 Å². The number of aliphatic carboxylic acids is 1. The number of esters is 1. The fourth-order valence-electron chi connectivity index (χ4n) is 4.56. The number of nitrogens with one attached hydrogen (secondary N) is 3. The molecular weight excluding hydrogens is 609 g/mol. The van der Waals surface area contributed by atoms with Crippen LogP contribution in [0.3, 0.4) is 0 Å². The molecule has 1 fully saturated rings. The second-order valence-electron chi connectivity index (χ2n) is 9.49. The average molecular weight is 638 g/mol. The molecule has 16 nitrogen and oxygen atoms in total. The van der Waals surface area contributed by atoms with Crippen molar-refractivity contribution in [1.29, 1.82) is 0 Å². The van der Waals surface area contributed by atoms with Gasteiger partial charge in [0.05, 0.1) is 17.9 Å². The summed E-state index contributed by atoms with van der Waals surface area (Å²) < 4.78 is 4.90. The predicted molar refractivity (Wildman–Crippen MR) is 150 cm³/mol. The van der Waals surface area contributed by atoms with Crippen LogP contribution in [-0.4, -0.2) is 80.1 Å². The van der Waals surface area contributed by atoms with Crippen molar-refractivity contribution < 1.29 is 68.5 Å². The number of phenols is 1. The van der Waals surface area contributed by atoms with Crippen LogP contribution in [0.5, 0.6) is 5.75 Å². The van der Waals surface area contributed by atoms with Crippen molar-refractivity contribution in [2.24, 2.45) is 5.73 Å². The van der Waals surface area contributed by atoms with E-state index in [2.05, 4.69) is 20.6 Å². The summed E-state index contributed by atoms with van der Waals surface area (Å²) in [5.74, 6) is -3.97. The molecule has 44 heavy (non-hydrogen) atoms. The fourth-order valence-corrected chi connectivity index (χ4v) is 5.88. The number of aromatic nitrogens is 2. The number of ether oxygens (including phenoxy) is 1. The molecule has 0 saturated carbocycles. The summed E-state index contributed by atoms with van der Waals surface area (Å²) in [5, 5.41) is 26.3. The number of nitrogens with two attached hydrogens (primary N) is 1. The largest absolute Gasteiger partial charge is 1.00 e. The van der Waals surface area contributed by atoms with E-state index in [1.165, 1.54) is 24.3 Å². The van der Waals surface area contributed by atoms with Crippen LogP contribution in [0.25, 0.3) is 0 Å². The number of hydrogen-bond acceptors (Lipinski definition) is 12. The number of rotatable bonds is 11. The molecule has 6 N–H and O–H groups in total. The number of β-lactam (4-membered cyclic amide) rings is 1. The molecule has 3 heterocycles. The first-order chi connectivity index (χ1) is 20.4. The van der Waals surface area contributed by atoms with E-state index in [1.54, 1.807) is 0 Å². The number of urea groups is 1. The zero-order valence-electron chi connectivity index (χ0n) is 24.0. The molecule has 228 valence electrons. The summed E-state index contributed by atoms with van der Waals surface area (Å²) in [6.45, 7) is 3.21.